The Balaban J connectivity index is 0. The normalized spacial score (nSPS) is 4.71. The van der Waals surface area contributed by atoms with E-state index >= 15 is 0 Å². The highest BCUT2D eigenvalue weighted by molar-refractivity contribution is 5.26. The van der Waals surface area contributed by atoms with Gasteiger partial charge in [0.15, 0.2) is 0 Å². The van der Waals surface area contributed by atoms with E-state index in [0.717, 1.165) is 12.5 Å². The minimum Gasteiger partial charge on any atom is -0.222 e. The molecule has 0 spiro atoms. The maximum Gasteiger partial charge on any atom is 0.231 e. The molecular weight excluding hydrogens is 90.1 g/mol. The molecule has 0 saturated carbocycles. The summed E-state index contributed by atoms with van der Waals surface area (Å²) < 4.78 is 0. The topological polar surface area (TPSA) is 40.9 Å². The highest BCUT2D eigenvalue weighted by atomic mass is 16.1. The molecular formula is C5H9NO. The molecule has 0 unspecified atom stereocenters. The van der Waals surface area contributed by atoms with Crippen molar-refractivity contribution < 1.29 is 4.79 Å². The fourth-order valence-electron chi connectivity index (χ4n) is 0. The molecule has 0 bridgehead atoms. The molecule has 0 fully saturated rings. The number of allylic oxidation sites excluding steroid dienone is 1. The van der Waals surface area contributed by atoms with E-state index in [1.54, 1.807) is 0 Å². The first-order chi connectivity index (χ1) is 3.33. The average Bonchev–Trinajstić information content (AvgIpc) is 1.69. The van der Waals surface area contributed by atoms with Crippen LogP contribution in [0.15, 0.2) is 12.7 Å². The van der Waals surface area contributed by atoms with Crippen molar-refractivity contribution in [2.45, 2.75) is 13.3 Å². The Kier molecular flexibility index (Phi) is 26.1. The lowest BCUT2D eigenvalue weighted by Gasteiger charge is -1.57. The van der Waals surface area contributed by atoms with Crippen molar-refractivity contribution in [3.05, 3.63) is 12.7 Å². The Morgan fingerprint density at radius 2 is 2.14 bits per heavy atom. The minimum absolute atomic E-state index is 0.750. The van der Waals surface area contributed by atoms with Crippen LogP contribution < -0.4 is 0 Å². The molecule has 0 aliphatic rings. The SMILES string of the molecule is C=CCC.N=C=O. The summed E-state index contributed by atoms with van der Waals surface area (Å²) in [4.78, 5) is 8.35. The zero-order chi connectivity index (χ0) is 6.12. The molecule has 1 N–H and O–H groups in total. The van der Waals surface area contributed by atoms with Crippen LogP contribution in [-0.2, 0) is 4.79 Å². The molecule has 2 nitrogen and oxygen atoms in total. The standard InChI is InChI=1S/C4H8.CHNO/c1-3-4-2;2-1-3/h3H,1,4H2,2H3;2H. The summed E-state index contributed by atoms with van der Waals surface area (Å²) in [7, 11) is 0. The highest BCUT2D eigenvalue weighted by Gasteiger charge is 1.45. The smallest absolute Gasteiger partial charge is 0.222 e. The van der Waals surface area contributed by atoms with Crippen LogP contribution in [0.2, 0.25) is 0 Å². The summed E-state index contributed by atoms with van der Waals surface area (Å²) in [5, 5.41) is 5.40. The average molecular weight is 99.1 g/mol. The predicted octanol–water partition coefficient (Wildman–Crippen LogP) is 1.48. The van der Waals surface area contributed by atoms with Gasteiger partial charge in [0.05, 0.1) is 0 Å². The van der Waals surface area contributed by atoms with Gasteiger partial charge in [-0.05, 0) is 6.42 Å². The van der Waals surface area contributed by atoms with Gasteiger partial charge < -0.3 is 0 Å². The van der Waals surface area contributed by atoms with Crippen LogP contribution in [0, 0.1) is 5.41 Å². The Bertz CT molecular complexity index is 62.5. The van der Waals surface area contributed by atoms with E-state index in [-0.39, 0.29) is 0 Å². The van der Waals surface area contributed by atoms with Gasteiger partial charge >= 0.3 is 0 Å². The fraction of sp³-hybridized carbons (Fsp3) is 0.400. The first-order valence-corrected chi connectivity index (χ1v) is 1.98. The summed E-state index contributed by atoms with van der Waals surface area (Å²) in [5.41, 5.74) is 0. The Labute approximate surface area is 43.4 Å². The third-order valence-electron chi connectivity index (χ3n) is 0.289. The maximum absolute atomic E-state index is 8.35. The van der Waals surface area contributed by atoms with Gasteiger partial charge in [0.1, 0.15) is 0 Å². The number of nitrogens with one attached hydrogen (secondary N) is 1. The minimum atomic E-state index is 0.750. The van der Waals surface area contributed by atoms with Gasteiger partial charge in [-0.25, -0.2) is 10.2 Å². The lowest BCUT2D eigenvalue weighted by atomic mass is 10.5. The molecule has 0 aliphatic heterocycles. The quantitative estimate of drug-likeness (QED) is 0.302. The number of isocyanates is 1. The third-order valence-corrected chi connectivity index (χ3v) is 0.289. The zero-order valence-corrected chi connectivity index (χ0v) is 4.40. The second kappa shape index (κ2) is 19.3. The van der Waals surface area contributed by atoms with Crippen LogP contribution in [0.5, 0.6) is 0 Å². The summed E-state index contributed by atoms with van der Waals surface area (Å²) in [6.07, 6.45) is 3.71. The number of hydrogen-bond acceptors (Lipinski definition) is 2. The molecule has 0 atom stereocenters. The van der Waals surface area contributed by atoms with E-state index in [4.69, 9.17) is 10.2 Å². The number of carbonyl (C=O) groups excluding carboxylic acids is 1. The summed E-state index contributed by atoms with van der Waals surface area (Å²) in [5.74, 6) is 0. The van der Waals surface area contributed by atoms with Gasteiger partial charge in [0.25, 0.3) is 0 Å². The first kappa shape index (κ1) is 9.45. The molecule has 40 valence electrons. The van der Waals surface area contributed by atoms with Crippen molar-refractivity contribution in [1.29, 1.82) is 5.41 Å². The lowest BCUT2D eigenvalue weighted by Crippen LogP contribution is -1.36. The summed E-state index contributed by atoms with van der Waals surface area (Å²) >= 11 is 0. The Morgan fingerprint density at radius 1 is 2.00 bits per heavy atom. The van der Waals surface area contributed by atoms with Crippen molar-refractivity contribution in [3.8, 4) is 0 Å². The monoisotopic (exact) mass is 99.1 g/mol. The first-order valence-electron chi connectivity index (χ1n) is 1.98. The molecule has 0 radical (unpaired) electrons. The zero-order valence-electron chi connectivity index (χ0n) is 4.40. The maximum atomic E-state index is 8.35. The van der Waals surface area contributed by atoms with Gasteiger partial charge in [-0.1, -0.05) is 13.0 Å². The lowest BCUT2D eigenvalue weighted by molar-refractivity contribution is 0.563. The molecule has 0 amide bonds. The van der Waals surface area contributed by atoms with Crippen LogP contribution >= 0.6 is 0 Å². The van der Waals surface area contributed by atoms with Gasteiger partial charge in [0.2, 0.25) is 6.08 Å². The van der Waals surface area contributed by atoms with Crippen LogP contribution in [0.1, 0.15) is 13.3 Å². The molecule has 0 heterocycles. The van der Waals surface area contributed by atoms with Crippen LogP contribution in [0.25, 0.3) is 0 Å². The number of hydrogen-bond donors (Lipinski definition) is 1. The summed E-state index contributed by atoms with van der Waals surface area (Å²) in [6.45, 7) is 5.54. The Morgan fingerprint density at radius 3 is 2.14 bits per heavy atom. The van der Waals surface area contributed by atoms with Crippen LogP contribution in [-0.4, -0.2) is 6.08 Å². The second-order valence-electron chi connectivity index (χ2n) is 0.799. The highest BCUT2D eigenvalue weighted by Crippen LogP contribution is 1.66. The molecule has 0 aromatic rings. The molecule has 0 aromatic heterocycles. The fourth-order valence-corrected chi connectivity index (χ4v) is 0. The van der Waals surface area contributed by atoms with E-state index in [9.17, 15) is 0 Å². The van der Waals surface area contributed by atoms with Gasteiger partial charge in [-0.2, -0.15) is 0 Å². The van der Waals surface area contributed by atoms with Crippen molar-refractivity contribution in [2.75, 3.05) is 0 Å². The number of rotatable bonds is 1. The van der Waals surface area contributed by atoms with Gasteiger partial charge in [-0.3, -0.25) is 0 Å². The van der Waals surface area contributed by atoms with E-state index in [1.165, 1.54) is 0 Å². The molecule has 0 aliphatic carbocycles. The van der Waals surface area contributed by atoms with Crippen LogP contribution in [0.4, 0.5) is 0 Å². The third kappa shape index (κ3) is 3460. The summed E-state index contributed by atoms with van der Waals surface area (Å²) in [6, 6.07) is 0. The molecule has 2 heteroatoms. The largest absolute Gasteiger partial charge is 0.231 e. The molecule has 0 rings (SSSR count). The molecule has 0 aromatic carbocycles. The van der Waals surface area contributed by atoms with Gasteiger partial charge in [-0.15, -0.1) is 6.58 Å². The second-order valence-corrected chi connectivity index (χ2v) is 0.799. The van der Waals surface area contributed by atoms with E-state index in [2.05, 4.69) is 13.5 Å². The van der Waals surface area contributed by atoms with Crippen LogP contribution in [0.3, 0.4) is 0 Å². The molecule has 7 heavy (non-hydrogen) atoms. The van der Waals surface area contributed by atoms with Crippen molar-refractivity contribution in [1.82, 2.24) is 0 Å². The van der Waals surface area contributed by atoms with E-state index in [1.807, 2.05) is 6.08 Å². The van der Waals surface area contributed by atoms with Crippen molar-refractivity contribution in [2.24, 2.45) is 0 Å². The predicted molar refractivity (Wildman–Crippen MR) is 28.9 cm³/mol. The van der Waals surface area contributed by atoms with Gasteiger partial charge in [0, 0.05) is 0 Å². The van der Waals surface area contributed by atoms with Crippen molar-refractivity contribution >= 4 is 6.08 Å². The molecule has 0 saturated heterocycles. The van der Waals surface area contributed by atoms with Crippen molar-refractivity contribution in [3.63, 3.8) is 0 Å². The van der Waals surface area contributed by atoms with E-state index < -0.39 is 0 Å². The van der Waals surface area contributed by atoms with E-state index in [0.29, 0.717) is 0 Å². The Hall–Kier alpha value is -0.880.